The summed E-state index contributed by atoms with van der Waals surface area (Å²) in [4.78, 5) is 41.4. The lowest BCUT2D eigenvalue weighted by molar-refractivity contribution is 1.21. The third-order valence-corrected chi connectivity index (χ3v) is 26.3. The Labute approximate surface area is 727 Å². The molecule has 0 saturated heterocycles. The van der Waals surface area contributed by atoms with E-state index in [2.05, 4.69) is 391 Å². The highest BCUT2D eigenvalue weighted by Crippen LogP contribution is 2.45. The molecule has 0 saturated carbocycles. The Kier molecular flexibility index (Phi) is 19.8. The van der Waals surface area contributed by atoms with Crippen LogP contribution in [0.2, 0.25) is 0 Å². The molecular formula is C116H98N8. The highest BCUT2D eigenvalue weighted by molar-refractivity contribution is 6.07. The monoisotopic (exact) mass is 1600 g/mol. The molecule has 17 aromatic rings. The van der Waals surface area contributed by atoms with Crippen molar-refractivity contribution in [2.24, 2.45) is 0 Å². The molecule has 2 aliphatic heterocycles. The van der Waals surface area contributed by atoms with Gasteiger partial charge in [-0.2, -0.15) is 0 Å². The quantitative estimate of drug-likeness (QED) is 0.116. The van der Waals surface area contributed by atoms with E-state index >= 15 is 0 Å². The molecule has 0 spiro atoms. The molecule has 2 aliphatic rings. The van der Waals surface area contributed by atoms with Crippen molar-refractivity contribution in [1.82, 2.24) is 39.9 Å². The van der Waals surface area contributed by atoms with Crippen molar-refractivity contribution < 1.29 is 0 Å². The van der Waals surface area contributed by atoms with Gasteiger partial charge in [-0.15, -0.1) is 0 Å². The van der Waals surface area contributed by atoms with Gasteiger partial charge in [-0.1, -0.05) is 167 Å². The maximum absolute atomic E-state index is 5.77. The van der Waals surface area contributed by atoms with E-state index in [-0.39, 0.29) is 0 Å². The number of aromatic nitrogens is 8. The number of rotatable bonds is 8. The van der Waals surface area contributed by atoms with Gasteiger partial charge in [-0.25, -0.2) is 29.9 Å². The van der Waals surface area contributed by atoms with Crippen molar-refractivity contribution in [3.63, 3.8) is 0 Å². The zero-order valence-corrected chi connectivity index (χ0v) is 74.5. The van der Waals surface area contributed by atoms with E-state index in [1.54, 1.807) is 0 Å². The summed E-state index contributed by atoms with van der Waals surface area (Å²) >= 11 is 0. The number of hydrogen-bond donors (Lipinski definition) is 2. The van der Waals surface area contributed by atoms with Gasteiger partial charge >= 0.3 is 0 Å². The van der Waals surface area contributed by atoms with Crippen LogP contribution in [0.4, 0.5) is 0 Å². The lowest BCUT2D eigenvalue weighted by atomic mass is 9.87. The molecule has 8 bridgehead atoms. The van der Waals surface area contributed by atoms with E-state index in [4.69, 9.17) is 29.9 Å². The first-order valence-electron chi connectivity index (χ1n) is 43.1. The Morgan fingerprint density at radius 1 is 0.202 bits per heavy atom. The zero-order valence-electron chi connectivity index (χ0n) is 74.5. The number of fused-ring (bicyclic) bond motifs is 14. The molecule has 0 radical (unpaired) electrons. The second-order valence-corrected chi connectivity index (χ2v) is 35.0. The van der Waals surface area contributed by atoms with Crippen molar-refractivity contribution in [2.45, 2.75) is 138 Å². The lowest BCUT2D eigenvalue weighted by Gasteiger charge is -2.18. The lowest BCUT2D eigenvalue weighted by Crippen LogP contribution is -2.02. The van der Waals surface area contributed by atoms with E-state index in [9.17, 15) is 0 Å². The molecule has 602 valence electrons. The van der Waals surface area contributed by atoms with E-state index in [0.29, 0.717) is 0 Å². The molecule has 10 aromatic carbocycles. The molecule has 7 aromatic heterocycles. The van der Waals surface area contributed by atoms with Crippen molar-refractivity contribution in [2.75, 3.05) is 0 Å². The van der Waals surface area contributed by atoms with Gasteiger partial charge in [0.25, 0.3) is 0 Å². The van der Waals surface area contributed by atoms with Crippen LogP contribution in [0.5, 0.6) is 0 Å². The first-order chi connectivity index (χ1) is 59.7. The van der Waals surface area contributed by atoms with Crippen LogP contribution in [0.15, 0.2) is 194 Å². The molecule has 2 N–H and O–H groups in total. The van der Waals surface area contributed by atoms with Crippen molar-refractivity contribution in [3.8, 4) is 113 Å². The maximum atomic E-state index is 5.77. The third kappa shape index (κ3) is 13.8. The Balaban J connectivity index is 0.706. The van der Waals surface area contributed by atoms with Crippen molar-refractivity contribution >= 4 is 90.0 Å². The fourth-order valence-electron chi connectivity index (χ4n) is 20.2. The molecule has 9 heterocycles. The highest BCUT2D eigenvalue weighted by Gasteiger charge is 2.26. The van der Waals surface area contributed by atoms with Gasteiger partial charge in [0.2, 0.25) is 0 Å². The second-order valence-electron chi connectivity index (χ2n) is 35.0. The van der Waals surface area contributed by atoms with Gasteiger partial charge in [0, 0.05) is 110 Å². The molecule has 0 atom stereocenters. The first-order valence-corrected chi connectivity index (χ1v) is 43.1. The fraction of sp³-hybridized carbons (Fsp3) is 0.172. The van der Waals surface area contributed by atoms with Crippen molar-refractivity contribution in [3.05, 3.63) is 350 Å². The molecule has 0 unspecified atom stereocenters. The van der Waals surface area contributed by atoms with Gasteiger partial charge in [0.15, 0.2) is 0 Å². The fourth-order valence-corrected chi connectivity index (χ4v) is 20.2. The summed E-state index contributed by atoms with van der Waals surface area (Å²) in [6.45, 7) is 43.9. The average molecular weight is 1600 g/mol. The van der Waals surface area contributed by atoms with E-state index in [1.807, 2.05) is 0 Å². The predicted molar refractivity (Wildman–Crippen MR) is 523 cm³/mol. The topological polar surface area (TPSA) is 109 Å². The maximum Gasteiger partial charge on any atom is 0.0972 e. The van der Waals surface area contributed by atoms with Crippen LogP contribution >= 0.6 is 0 Å². The number of H-pyrrole nitrogens is 2. The predicted octanol–water partition coefficient (Wildman–Crippen LogP) is 29.2. The third-order valence-electron chi connectivity index (χ3n) is 26.3. The first kappa shape index (κ1) is 79.4. The summed E-state index contributed by atoms with van der Waals surface area (Å²) in [5, 5.41) is 4.25. The van der Waals surface area contributed by atoms with Gasteiger partial charge < -0.3 is 9.97 Å². The smallest absolute Gasteiger partial charge is 0.0972 e. The summed E-state index contributed by atoms with van der Waals surface area (Å²) in [6.07, 6.45) is 8.76. The summed E-state index contributed by atoms with van der Waals surface area (Å²) < 4.78 is 0. The molecule has 0 amide bonds. The average Bonchev–Trinajstić information content (AvgIpc) is 1.61. The number of benzene rings is 10. The summed E-state index contributed by atoms with van der Waals surface area (Å²) in [6, 6.07) is 70.4. The highest BCUT2D eigenvalue weighted by atomic mass is 14.8. The van der Waals surface area contributed by atoms with E-state index in [1.165, 1.54) is 77.9 Å². The number of aromatic amines is 2. The minimum atomic E-state index is 0.838. The van der Waals surface area contributed by atoms with Crippen molar-refractivity contribution in [1.29, 1.82) is 0 Å². The standard InChI is InChI=1S/C116H98N8/c1-61-53-65(5)103(66(6)54-61)91-41-35-85-31-33-87-37-43-93(123-115(87)113(85)121-91)107-77(17)73(13)89(74(14)78(107)18)39-25-81-21-27-83(28-22-81)109-95-45-49-99(117-95)111(105-69(9)57-63(3)58-70(105)10)101-51-47-97(119-101)110(98-48-52-102(120-98)112(100-50-46-96(109)118-100)106-71(11)59-64(4)60-72(106)12)84-29-23-82(24-30-84)26-40-90-75(15)79(19)108(80(20)76(90)16)94-44-38-88-34-32-86-36-42-92(122-114(86)116(88)124-94)104-67(7)55-62(2)56-68(104)8/h21-24,27-38,41-60,117,120H,1-20H3. The Morgan fingerprint density at radius 2 is 0.435 bits per heavy atom. The summed E-state index contributed by atoms with van der Waals surface area (Å²) in [5.74, 6) is 14.7. The largest absolute Gasteiger partial charge is 0.354 e. The Bertz CT molecular complexity index is 7320. The SMILES string of the molecule is Cc1cc(C)c(-c2ccc3ccc4ccc(-c5c(C)c(C)c(C#Cc6ccc(-c7c8nc(c(-c9c(C)cc(C)cc9C)c9ccc([nH]9)c(-c9ccc(C#Cc%10c(C)c(C)c(-c%11ccc%12ccc%13ccc(-c%14c(C)cc(C)cc%14C)nc%13c%12n%11)c(C)c%10C)cc9)c9nc(c(-c%10c(C)cc(C)cc%10C)c%10ccc7[nH]%10)C=C9)C=C8)cc6)c(C)c5C)nc4c3n2)c(C)c1. The van der Waals surface area contributed by atoms with E-state index < -0.39 is 0 Å². The molecule has 8 heteroatoms. The number of hydrogen-bond acceptors (Lipinski definition) is 6. The summed E-state index contributed by atoms with van der Waals surface area (Å²) in [5.41, 5.74) is 55.0. The van der Waals surface area contributed by atoms with Gasteiger partial charge in [-0.05, 0) is 347 Å². The van der Waals surface area contributed by atoms with E-state index in [0.717, 1.165) is 234 Å². The number of pyridine rings is 4. The van der Waals surface area contributed by atoms with Crippen LogP contribution in [0.25, 0.3) is 180 Å². The zero-order chi connectivity index (χ0) is 86.3. The molecular weight excluding hydrogens is 1510 g/mol. The molecule has 19 rings (SSSR count). The van der Waals surface area contributed by atoms with Crippen LogP contribution < -0.4 is 0 Å². The molecule has 124 heavy (non-hydrogen) atoms. The minimum absolute atomic E-state index is 0.838. The molecule has 0 fully saturated rings. The summed E-state index contributed by atoms with van der Waals surface area (Å²) in [7, 11) is 0. The van der Waals surface area contributed by atoms with Crippen LogP contribution in [-0.4, -0.2) is 39.9 Å². The number of aryl methyl sites for hydroxylation is 12. The Hall–Kier alpha value is -14.4. The number of nitrogens with one attached hydrogen (secondary N) is 2. The van der Waals surface area contributed by atoms with Gasteiger partial charge in [-0.3, -0.25) is 0 Å². The van der Waals surface area contributed by atoms with Gasteiger partial charge in [0.05, 0.1) is 67.6 Å². The normalized spacial score (nSPS) is 11.8. The van der Waals surface area contributed by atoms with Crippen LogP contribution in [0, 0.1) is 162 Å². The number of nitrogens with zero attached hydrogens (tertiary/aromatic N) is 6. The Morgan fingerprint density at radius 3 is 0.710 bits per heavy atom. The minimum Gasteiger partial charge on any atom is -0.354 e. The van der Waals surface area contributed by atoms with Crippen LogP contribution in [0.3, 0.4) is 0 Å². The van der Waals surface area contributed by atoms with Gasteiger partial charge in [0.1, 0.15) is 0 Å². The molecule has 8 nitrogen and oxygen atoms in total. The molecule has 0 aliphatic carbocycles. The van der Waals surface area contributed by atoms with Crippen LogP contribution in [0.1, 0.15) is 156 Å². The van der Waals surface area contributed by atoms with Crippen LogP contribution in [-0.2, 0) is 0 Å². The second kappa shape index (κ2) is 30.9.